The lowest BCUT2D eigenvalue weighted by Gasteiger charge is -2.23. The van der Waals surface area contributed by atoms with Crippen molar-refractivity contribution >= 4 is 18.2 Å². The van der Waals surface area contributed by atoms with Gasteiger partial charge in [-0.2, -0.15) is 0 Å². The van der Waals surface area contributed by atoms with Crippen LogP contribution in [0.3, 0.4) is 0 Å². The highest BCUT2D eigenvalue weighted by atomic mass is 32.2. The third-order valence-corrected chi connectivity index (χ3v) is 2.81. The predicted octanol–water partition coefficient (Wildman–Crippen LogP) is 3.09. The molecule has 0 atom stereocenters. The first-order valence-corrected chi connectivity index (χ1v) is 4.83. The van der Waals surface area contributed by atoms with E-state index in [4.69, 9.17) is 0 Å². The van der Waals surface area contributed by atoms with Gasteiger partial charge in [0.05, 0.1) is 0 Å². The van der Waals surface area contributed by atoms with E-state index >= 15 is 0 Å². The summed E-state index contributed by atoms with van der Waals surface area (Å²) in [6.07, 6.45) is 0. The van der Waals surface area contributed by atoms with Crippen LogP contribution in [0.4, 0.5) is 0 Å². The molecule has 0 aliphatic rings. The fourth-order valence-corrected chi connectivity index (χ4v) is 1.30. The zero-order valence-corrected chi connectivity index (χ0v) is 8.93. The van der Waals surface area contributed by atoms with E-state index < -0.39 is 0 Å². The summed E-state index contributed by atoms with van der Waals surface area (Å²) < 4.78 is 0.424. The third kappa shape index (κ3) is 8.41. The van der Waals surface area contributed by atoms with Gasteiger partial charge < -0.3 is 0 Å². The zero-order valence-electron chi connectivity index (χ0n) is 8.12. The Morgan fingerprint density at radius 1 is 0.900 bits per heavy atom. The van der Waals surface area contributed by atoms with Crippen LogP contribution in [0.2, 0.25) is 5.31 Å². The van der Waals surface area contributed by atoms with Gasteiger partial charge >= 0.3 is 0 Å². The maximum absolute atomic E-state index is 2.28. The Labute approximate surface area is 70.3 Å². The SMILES string of the molecule is CC(C)(C)BSC(C)(C)C. The second kappa shape index (κ2) is 3.21. The molecule has 10 heavy (non-hydrogen) atoms. The quantitative estimate of drug-likeness (QED) is 0.528. The number of hydrogen-bond acceptors (Lipinski definition) is 1. The van der Waals surface area contributed by atoms with Crippen molar-refractivity contribution < 1.29 is 0 Å². The number of rotatable bonds is 1. The molecule has 0 nitrogen and oxygen atoms in total. The molecular weight excluding hydrogens is 139 g/mol. The molecule has 2 heteroatoms. The van der Waals surface area contributed by atoms with E-state index in [-0.39, 0.29) is 0 Å². The van der Waals surface area contributed by atoms with Crippen molar-refractivity contribution in [1.29, 1.82) is 0 Å². The summed E-state index contributed by atoms with van der Waals surface area (Å²) in [6.45, 7) is 14.9. The van der Waals surface area contributed by atoms with Crippen LogP contribution in [0.25, 0.3) is 0 Å². The molecular formula is C8H19BS. The van der Waals surface area contributed by atoms with E-state index in [1.54, 1.807) is 0 Å². The molecule has 0 aromatic heterocycles. The molecule has 0 bridgehead atoms. The highest BCUT2D eigenvalue weighted by Crippen LogP contribution is 2.32. The molecule has 0 fully saturated rings. The van der Waals surface area contributed by atoms with Crippen LogP contribution >= 0.6 is 11.6 Å². The van der Waals surface area contributed by atoms with Crippen LogP contribution in [-0.4, -0.2) is 11.3 Å². The Hall–Kier alpha value is 0.415. The number of hydrogen-bond donors (Lipinski definition) is 0. The first kappa shape index (κ1) is 10.4. The summed E-state index contributed by atoms with van der Waals surface area (Å²) in [6, 6.07) is 0. The van der Waals surface area contributed by atoms with Gasteiger partial charge in [0.1, 0.15) is 0 Å². The largest absolute Gasteiger partial charge is 0.208 e. The zero-order chi connectivity index (χ0) is 8.41. The van der Waals surface area contributed by atoms with Gasteiger partial charge in [-0.1, -0.05) is 46.9 Å². The van der Waals surface area contributed by atoms with E-state index in [0.29, 0.717) is 10.1 Å². The van der Waals surface area contributed by atoms with Crippen molar-refractivity contribution in [2.24, 2.45) is 0 Å². The van der Waals surface area contributed by atoms with Crippen LogP contribution in [0.1, 0.15) is 41.5 Å². The third-order valence-electron chi connectivity index (χ3n) is 0.938. The molecule has 0 saturated carbocycles. The smallest absolute Gasteiger partial charge is 0.197 e. The Kier molecular flexibility index (Phi) is 3.34. The average Bonchev–Trinajstić information content (AvgIpc) is 1.57. The van der Waals surface area contributed by atoms with E-state index in [1.165, 1.54) is 6.56 Å². The fraction of sp³-hybridized carbons (Fsp3) is 1.00. The van der Waals surface area contributed by atoms with E-state index in [0.717, 1.165) is 0 Å². The van der Waals surface area contributed by atoms with Gasteiger partial charge in [0.25, 0.3) is 0 Å². The van der Waals surface area contributed by atoms with Crippen molar-refractivity contribution in [3.8, 4) is 0 Å². The molecule has 0 aliphatic carbocycles. The molecule has 0 N–H and O–H groups in total. The van der Waals surface area contributed by atoms with Crippen molar-refractivity contribution in [3.05, 3.63) is 0 Å². The summed E-state index contributed by atoms with van der Waals surface area (Å²) in [7, 11) is 0. The monoisotopic (exact) mass is 158 g/mol. The fourth-order valence-electron chi connectivity index (χ4n) is 0.433. The molecule has 60 valence electrons. The van der Waals surface area contributed by atoms with Gasteiger partial charge in [-0.25, -0.2) is 11.6 Å². The lowest BCUT2D eigenvalue weighted by atomic mass is 9.73. The normalized spacial score (nSPS) is 13.4. The highest BCUT2D eigenvalue weighted by Gasteiger charge is 2.18. The highest BCUT2D eigenvalue weighted by molar-refractivity contribution is 8.23. The molecule has 0 amide bonds. The summed E-state index contributed by atoms with van der Waals surface area (Å²) in [5.41, 5.74) is 0. The second-order valence-electron chi connectivity index (χ2n) is 4.96. The van der Waals surface area contributed by atoms with Gasteiger partial charge in [-0.05, 0) is 4.75 Å². The molecule has 0 heterocycles. The van der Waals surface area contributed by atoms with Crippen molar-refractivity contribution in [2.45, 2.75) is 51.6 Å². The summed E-state index contributed by atoms with van der Waals surface area (Å²) >= 11 is 2.04. The van der Waals surface area contributed by atoms with E-state index in [2.05, 4.69) is 41.5 Å². The van der Waals surface area contributed by atoms with Gasteiger partial charge in [0.15, 0.2) is 6.56 Å². The van der Waals surface area contributed by atoms with Crippen molar-refractivity contribution in [1.82, 2.24) is 0 Å². The van der Waals surface area contributed by atoms with E-state index in [1.807, 2.05) is 11.6 Å². The maximum Gasteiger partial charge on any atom is 0.197 e. The minimum atomic E-state index is 0.424. The topological polar surface area (TPSA) is 0 Å². The van der Waals surface area contributed by atoms with Crippen LogP contribution in [-0.2, 0) is 0 Å². The van der Waals surface area contributed by atoms with Crippen LogP contribution < -0.4 is 0 Å². The van der Waals surface area contributed by atoms with Crippen LogP contribution in [0.15, 0.2) is 0 Å². The van der Waals surface area contributed by atoms with Gasteiger partial charge in [0.2, 0.25) is 0 Å². The molecule has 0 aromatic rings. The lowest BCUT2D eigenvalue weighted by molar-refractivity contribution is 0.759. The van der Waals surface area contributed by atoms with Crippen molar-refractivity contribution in [3.63, 3.8) is 0 Å². The molecule has 0 aromatic carbocycles. The maximum atomic E-state index is 2.28. The summed E-state index contributed by atoms with van der Waals surface area (Å²) in [5.74, 6) is 0. The Morgan fingerprint density at radius 3 is 1.40 bits per heavy atom. The summed E-state index contributed by atoms with van der Waals surface area (Å²) in [5, 5.41) is 0.470. The molecule has 0 rings (SSSR count). The van der Waals surface area contributed by atoms with E-state index in [9.17, 15) is 0 Å². The van der Waals surface area contributed by atoms with Gasteiger partial charge in [-0.3, -0.25) is 0 Å². The molecule has 0 radical (unpaired) electrons. The summed E-state index contributed by atoms with van der Waals surface area (Å²) in [4.78, 5) is 0. The second-order valence-corrected chi connectivity index (χ2v) is 6.76. The molecule has 0 spiro atoms. The Balaban J connectivity index is 3.56. The lowest BCUT2D eigenvalue weighted by Crippen LogP contribution is -2.15. The van der Waals surface area contributed by atoms with Crippen LogP contribution in [0.5, 0.6) is 0 Å². The van der Waals surface area contributed by atoms with Gasteiger partial charge in [-0.15, -0.1) is 0 Å². The predicted molar refractivity (Wildman–Crippen MR) is 54.2 cm³/mol. The molecule has 0 unspecified atom stereocenters. The van der Waals surface area contributed by atoms with Crippen LogP contribution in [0, 0.1) is 0 Å². The molecule has 0 aliphatic heterocycles. The van der Waals surface area contributed by atoms with Crippen molar-refractivity contribution in [2.75, 3.05) is 0 Å². The Morgan fingerprint density at radius 2 is 1.30 bits per heavy atom. The minimum absolute atomic E-state index is 0.424. The standard InChI is InChI=1S/C8H19BS/c1-7(2,3)9-10-8(4,5)6/h9H,1-6H3. The Bertz CT molecular complexity index is 82.8. The first-order valence-electron chi connectivity index (χ1n) is 3.85. The molecule has 0 saturated heterocycles. The van der Waals surface area contributed by atoms with Gasteiger partial charge in [0, 0.05) is 0 Å². The first-order chi connectivity index (χ1) is 4.21. The minimum Gasteiger partial charge on any atom is -0.208 e. The average molecular weight is 158 g/mol.